The Labute approximate surface area is 170 Å². The first kappa shape index (κ1) is 18.2. The van der Waals surface area contributed by atoms with Crippen molar-refractivity contribution >= 4 is 5.91 Å². The zero-order valence-electron chi connectivity index (χ0n) is 16.2. The number of ether oxygens (including phenoxy) is 2. The second-order valence-corrected chi connectivity index (χ2v) is 8.15. The molecule has 1 amide bonds. The highest BCUT2D eigenvalue weighted by Crippen LogP contribution is 2.44. The van der Waals surface area contributed by atoms with Crippen LogP contribution in [0.1, 0.15) is 50.0 Å². The lowest BCUT2D eigenvalue weighted by Crippen LogP contribution is -2.47. The number of benzene rings is 1. The van der Waals surface area contributed by atoms with Gasteiger partial charge in [-0.1, -0.05) is 36.4 Å². The summed E-state index contributed by atoms with van der Waals surface area (Å²) >= 11 is 0. The zero-order chi connectivity index (χ0) is 19.8. The van der Waals surface area contributed by atoms with Crippen molar-refractivity contribution in [1.82, 2.24) is 4.90 Å². The molecule has 3 heterocycles. The smallest absolute Gasteiger partial charge is 0.293 e. The predicted octanol–water partition coefficient (Wildman–Crippen LogP) is 5.07. The topological polar surface area (TPSA) is 38.8 Å². The van der Waals surface area contributed by atoms with Gasteiger partial charge in [0.2, 0.25) is 5.76 Å². The molecule has 3 aliphatic heterocycles. The first-order chi connectivity index (χ1) is 14.2. The number of rotatable bonds is 3. The standard InChI is InChI=1S/C24H24FNO3/c25-21-9-5-4-8-20(21)17-12-18-10-11-19(13-17)26(18)24(27)23-15-28-14-22(29-23)16-6-2-1-3-7-16/h1-2,4-6,8-9,14-15,17-19H,3,7,10-13H2. The number of nitrogens with zero attached hydrogens (tertiary/aromatic N) is 1. The highest BCUT2D eigenvalue weighted by Gasteiger charge is 2.45. The van der Waals surface area contributed by atoms with Crippen molar-refractivity contribution in [3.63, 3.8) is 0 Å². The van der Waals surface area contributed by atoms with Gasteiger partial charge < -0.3 is 14.4 Å². The van der Waals surface area contributed by atoms with Gasteiger partial charge in [0.25, 0.3) is 5.91 Å². The highest BCUT2D eigenvalue weighted by molar-refractivity contribution is 5.92. The number of halogens is 1. The molecular formula is C24H24FNO3. The Morgan fingerprint density at radius 1 is 1.10 bits per heavy atom. The van der Waals surface area contributed by atoms with Crippen molar-refractivity contribution in [2.75, 3.05) is 0 Å². The van der Waals surface area contributed by atoms with E-state index in [-0.39, 0.29) is 35.5 Å². The molecule has 29 heavy (non-hydrogen) atoms. The first-order valence-corrected chi connectivity index (χ1v) is 10.4. The fourth-order valence-electron chi connectivity index (χ4n) is 5.06. The summed E-state index contributed by atoms with van der Waals surface area (Å²) in [6.45, 7) is 0. The molecule has 4 nitrogen and oxygen atoms in total. The van der Waals surface area contributed by atoms with E-state index in [0.29, 0.717) is 5.76 Å². The molecule has 4 aliphatic rings. The van der Waals surface area contributed by atoms with Crippen molar-refractivity contribution in [3.05, 3.63) is 83.5 Å². The maximum Gasteiger partial charge on any atom is 0.293 e. The summed E-state index contributed by atoms with van der Waals surface area (Å²) in [5.74, 6) is 0.730. The molecule has 2 bridgehead atoms. The second kappa shape index (κ2) is 7.54. The number of hydrogen-bond donors (Lipinski definition) is 0. The monoisotopic (exact) mass is 393 g/mol. The quantitative estimate of drug-likeness (QED) is 0.720. The van der Waals surface area contributed by atoms with Crippen molar-refractivity contribution < 1.29 is 18.7 Å². The van der Waals surface area contributed by atoms with E-state index in [1.54, 1.807) is 12.3 Å². The summed E-state index contributed by atoms with van der Waals surface area (Å²) < 4.78 is 25.7. The van der Waals surface area contributed by atoms with E-state index in [2.05, 4.69) is 6.08 Å². The van der Waals surface area contributed by atoms with Crippen LogP contribution in [0.3, 0.4) is 0 Å². The summed E-state index contributed by atoms with van der Waals surface area (Å²) in [7, 11) is 0. The molecule has 0 N–H and O–H groups in total. The molecule has 5 rings (SSSR count). The molecule has 1 aromatic rings. The predicted molar refractivity (Wildman–Crippen MR) is 107 cm³/mol. The Bertz CT molecular complexity index is 931. The summed E-state index contributed by atoms with van der Waals surface area (Å²) in [4.78, 5) is 15.2. The molecule has 5 heteroatoms. The van der Waals surface area contributed by atoms with Crippen LogP contribution < -0.4 is 0 Å². The van der Waals surface area contributed by atoms with Crippen molar-refractivity contribution in [2.24, 2.45) is 0 Å². The maximum atomic E-state index is 14.3. The van der Waals surface area contributed by atoms with Crippen LogP contribution in [-0.2, 0) is 14.3 Å². The van der Waals surface area contributed by atoms with Crippen LogP contribution in [-0.4, -0.2) is 22.9 Å². The number of piperidine rings is 1. The highest BCUT2D eigenvalue weighted by atomic mass is 19.1. The third-order valence-corrected chi connectivity index (χ3v) is 6.42. The number of fused-ring (bicyclic) bond motifs is 2. The summed E-state index contributed by atoms with van der Waals surface area (Å²) in [5.41, 5.74) is 1.81. The Hall–Kier alpha value is -2.82. The average Bonchev–Trinajstić information content (AvgIpc) is 3.03. The molecular weight excluding hydrogens is 369 g/mol. The van der Waals surface area contributed by atoms with E-state index < -0.39 is 0 Å². The van der Waals surface area contributed by atoms with Gasteiger partial charge in [0.05, 0.1) is 0 Å². The van der Waals surface area contributed by atoms with E-state index in [9.17, 15) is 9.18 Å². The fraction of sp³-hybridized carbons (Fsp3) is 0.375. The van der Waals surface area contributed by atoms with Crippen LogP contribution in [0.2, 0.25) is 0 Å². The number of carbonyl (C=O) groups is 1. The number of amides is 1. The zero-order valence-corrected chi connectivity index (χ0v) is 16.2. The van der Waals surface area contributed by atoms with E-state index in [1.165, 1.54) is 12.3 Å². The molecule has 0 radical (unpaired) electrons. The van der Waals surface area contributed by atoms with Gasteiger partial charge in [0.15, 0.2) is 5.76 Å². The van der Waals surface area contributed by atoms with Crippen LogP contribution in [0.15, 0.2) is 72.1 Å². The summed E-state index contributed by atoms with van der Waals surface area (Å²) in [6, 6.07) is 7.24. The summed E-state index contributed by atoms with van der Waals surface area (Å²) in [6.07, 6.45) is 14.3. The van der Waals surface area contributed by atoms with Crippen LogP contribution in [0.4, 0.5) is 4.39 Å². The maximum absolute atomic E-state index is 14.3. The molecule has 0 saturated carbocycles. The van der Waals surface area contributed by atoms with Gasteiger partial charge in [-0.25, -0.2) is 4.39 Å². The molecule has 2 fully saturated rings. The van der Waals surface area contributed by atoms with Gasteiger partial charge in [0, 0.05) is 12.1 Å². The summed E-state index contributed by atoms with van der Waals surface area (Å²) in [5, 5.41) is 0. The second-order valence-electron chi connectivity index (χ2n) is 8.15. The van der Waals surface area contributed by atoms with Crippen LogP contribution in [0, 0.1) is 5.82 Å². The SMILES string of the molecule is O=C(C1=COC=C(C2=CC=CCC2)O1)N1C2CCC1CC(c1ccccc1F)C2. The lowest BCUT2D eigenvalue weighted by Gasteiger charge is -2.39. The van der Waals surface area contributed by atoms with Crippen LogP contribution in [0.25, 0.3) is 0 Å². The first-order valence-electron chi connectivity index (χ1n) is 10.4. The number of allylic oxidation sites excluding steroid dienone is 4. The largest absolute Gasteiger partial charge is 0.465 e. The Kier molecular flexibility index (Phi) is 4.74. The van der Waals surface area contributed by atoms with Gasteiger partial charge in [-0.05, 0) is 61.6 Å². The Morgan fingerprint density at radius 2 is 1.90 bits per heavy atom. The lowest BCUT2D eigenvalue weighted by molar-refractivity contribution is -0.135. The molecule has 0 spiro atoms. The molecule has 1 aliphatic carbocycles. The van der Waals surface area contributed by atoms with E-state index in [4.69, 9.17) is 9.47 Å². The van der Waals surface area contributed by atoms with Crippen LogP contribution in [0.5, 0.6) is 0 Å². The van der Waals surface area contributed by atoms with E-state index in [0.717, 1.165) is 49.7 Å². The van der Waals surface area contributed by atoms with Crippen LogP contribution >= 0.6 is 0 Å². The number of carbonyl (C=O) groups excluding carboxylic acids is 1. The van der Waals surface area contributed by atoms with Gasteiger partial charge in [-0.3, -0.25) is 4.79 Å². The van der Waals surface area contributed by atoms with Crippen molar-refractivity contribution in [1.29, 1.82) is 0 Å². The average molecular weight is 393 g/mol. The third-order valence-electron chi connectivity index (χ3n) is 6.42. The number of hydrogen-bond acceptors (Lipinski definition) is 3. The van der Waals surface area contributed by atoms with Gasteiger partial charge in [-0.2, -0.15) is 0 Å². The van der Waals surface area contributed by atoms with Crippen molar-refractivity contribution in [3.8, 4) is 0 Å². The minimum absolute atomic E-state index is 0.113. The molecule has 0 aromatic heterocycles. The van der Waals surface area contributed by atoms with Gasteiger partial charge in [-0.15, -0.1) is 0 Å². The van der Waals surface area contributed by atoms with Crippen molar-refractivity contribution in [2.45, 2.75) is 56.5 Å². The van der Waals surface area contributed by atoms with E-state index in [1.807, 2.05) is 29.2 Å². The third kappa shape index (κ3) is 3.39. The molecule has 2 atom stereocenters. The minimum atomic E-state index is -0.145. The lowest BCUT2D eigenvalue weighted by atomic mass is 9.84. The van der Waals surface area contributed by atoms with E-state index >= 15 is 0 Å². The molecule has 2 unspecified atom stereocenters. The van der Waals surface area contributed by atoms with Gasteiger partial charge in [0.1, 0.15) is 18.3 Å². The molecule has 2 saturated heterocycles. The molecule has 1 aromatic carbocycles. The Morgan fingerprint density at radius 3 is 2.62 bits per heavy atom. The minimum Gasteiger partial charge on any atom is -0.465 e. The Balaban J connectivity index is 1.30. The van der Waals surface area contributed by atoms with Gasteiger partial charge >= 0.3 is 0 Å². The normalized spacial score (nSPS) is 28.1. The molecule has 150 valence electrons. The fourth-order valence-corrected chi connectivity index (χ4v) is 5.06.